The second-order valence-electron chi connectivity index (χ2n) is 5.01. The molecule has 5 atom stereocenters. The van der Waals surface area contributed by atoms with Gasteiger partial charge in [-0.3, -0.25) is 18.9 Å². The third kappa shape index (κ3) is 2.27. The third-order valence-electron chi connectivity index (χ3n) is 3.68. The van der Waals surface area contributed by atoms with E-state index < -0.39 is 37.5 Å². The quantitative estimate of drug-likeness (QED) is 0.622. The van der Waals surface area contributed by atoms with Gasteiger partial charge in [-0.05, 0) is 0 Å². The van der Waals surface area contributed by atoms with Crippen molar-refractivity contribution >= 4 is 7.82 Å². The summed E-state index contributed by atoms with van der Waals surface area (Å²) in [7, 11) is -4.54. The topological polar surface area (TPSA) is 131 Å². The number of aromatic nitrogens is 2. The number of phosphoric ester groups is 1. The average molecular weight is 304 g/mol. The van der Waals surface area contributed by atoms with Gasteiger partial charge in [-0.25, -0.2) is 9.36 Å². The first kappa shape index (κ1) is 13.7. The second-order valence-corrected chi connectivity index (χ2v) is 6.20. The van der Waals surface area contributed by atoms with E-state index >= 15 is 0 Å². The van der Waals surface area contributed by atoms with Gasteiger partial charge in [-0.1, -0.05) is 6.92 Å². The SMILES string of the molecule is CC1C2C(OC1n1ccc(=O)[nH]c1=O)C2OP(=O)(O)O. The molecule has 0 amide bonds. The van der Waals surface area contributed by atoms with Crippen LogP contribution in [-0.2, 0) is 13.8 Å². The number of phosphoric acid groups is 1. The van der Waals surface area contributed by atoms with Crippen LogP contribution in [-0.4, -0.2) is 31.5 Å². The summed E-state index contributed by atoms with van der Waals surface area (Å²) in [4.78, 5) is 42.3. The summed E-state index contributed by atoms with van der Waals surface area (Å²) in [5.41, 5.74) is -1.08. The van der Waals surface area contributed by atoms with Gasteiger partial charge in [0.05, 0.1) is 6.10 Å². The Morgan fingerprint density at radius 2 is 2.15 bits per heavy atom. The number of hydrogen-bond acceptors (Lipinski definition) is 5. The fraction of sp³-hybridized carbons (Fsp3) is 0.600. The van der Waals surface area contributed by atoms with Gasteiger partial charge in [0.15, 0.2) is 0 Å². The van der Waals surface area contributed by atoms with E-state index in [1.54, 1.807) is 6.92 Å². The maximum absolute atomic E-state index is 11.7. The summed E-state index contributed by atoms with van der Waals surface area (Å²) in [6.07, 6.45) is -0.334. The molecule has 1 saturated heterocycles. The van der Waals surface area contributed by atoms with Crippen molar-refractivity contribution in [2.45, 2.75) is 25.4 Å². The smallest absolute Gasteiger partial charge is 0.351 e. The van der Waals surface area contributed by atoms with Crippen LogP contribution in [0.3, 0.4) is 0 Å². The maximum Gasteiger partial charge on any atom is 0.469 e. The van der Waals surface area contributed by atoms with Gasteiger partial charge in [0, 0.05) is 24.1 Å². The number of nitrogens with one attached hydrogen (secondary N) is 1. The van der Waals surface area contributed by atoms with E-state index in [0.717, 1.165) is 0 Å². The first-order valence-corrected chi connectivity index (χ1v) is 7.52. The van der Waals surface area contributed by atoms with E-state index in [1.807, 2.05) is 0 Å². The number of H-pyrrole nitrogens is 1. The fourth-order valence-electron chi connectivity index (χ4n) is 2.75. The van der Waals surface area contributed by atoms with Crippen molar-refractivity contribution in [1.82, 2.24) is 9.55 Å². The first-order valence-electron chi connectivity index (χ1n) is 5.99. The van der Waals surface area contributed by atoms with Crippen molar-refractivity contribution in [3.63, 3.8) is 0 Å². The number of rotatable bonds is 3. The van der Waals surface area contributed by atoms with Crippen molar-refractivity contribution in [1.29, 1.82) is 0 Å². The van der Waals surface area contributed by atoms with Gasteiger partial charge in [0.25, 0.3) is 5.56 Å². The van der Waals surface area contributed by atoms with Crippen LogP contribution in [0.1, 0.15) is 13.2 Å². The minimum absolute atomic E-state index is 0.167. The molecule has 0 spiro atoms. The maximum atomic E-state index is 11.7. The van der Waals surface area contributed by atoms with Crippen LogP contribution in [0.2, 0.25) is 0 Å². The van der Waals surface area contributed by atoms with E-state index in [-0.39, 0.29) is 11.8 Å². The average Bonchev–Trinajstić information content (AvgIpc) is 2.83. The molecule has 1 aromatic rings. The summed E-state index contributed by atoms with van der Waals surface area (Å²) in [6.45, 7) is 1.80. The largest absolute Gasteiger partial charge is 0.469 e. The number of hydrogen-bond donors (Lipinski definition) is 3. The molecule has 0 radical (unpaired) electrons. The lowest BCUT2D eigenvalue weighted by molar-refractivity contribution is -0.0330. The monoisotopic (exact) mass is 304 g/mol. The molecule has 1 aliphatic heterocycles. The van der Waals surface area contributed by atoms with E-state index in [4.69, 9.17) is 14.5 Å². The molecule has 5 unspecified atom stereocenters. The van der Waals surface area contributed by atoms with E-state index in [9.17, 15) is 14.2 Å². The van der Waals surface area contributed by atoms with Crippen LogP contribution in [0.25, 0.3) is 0 Å². The van der Waals surface area contributed by atoms with Crippen molar-refractivity contribution in [3.8, 4) is 0 Å². The minimum atomic E-state index is -4.54. The molecule has 2 fully saturated rings. The van der Waals surface area contributed by atoms with Crippen molar-refractivity contribution in [3.05, 3.63) is 33.1 Å². The van der Waals surface area contributed by atoms with Gasteiger partial charge in [-0.2, -0.15) is 0 Å². The zero-order chi connectivity index (χ0) is 14.7. The van der Waals surface area contributed by atoms with Gasteiger partial charge < -0.3 is 14.5 Å². The zero-order valence-corrected chi connectivity index (χ0v) is 11.3. The Hall–Kier alpha value is -1.25. The second kappa shape index (κ2) is 4.37. The third-order valence-corrected chi connectivity index (χ3v) is 4.20. The Bertz CT molecular complexity index is 691. The van der Waals surface area contributed by atoms with Gasteiger partial charge in [-0.15, -0.1) is 0 Å². The fourth-order valence-corrected chi connectivity index (χ4v) is 3.33. The Kier molecular flexibility index (Phi) is 3.00. The van der Waals surface area contributed by atoms with Crippen molar-refractivity contribution in [2.75, 3.05) is 0 Å². The molecule has 1 saturated carbocycles. The van der Waals surface area contributed by atoms with Gasteiger partial charge >= 0.3 is 13.5 Å². The summed E-state index contributed by atoms with van der Waals surface area (Å²) in [5, 5.41) is 0. The highest BCUT2D eigenvalue weighted by Gasteiger charge is 2.65. The Morgan fingerprint density at radius 3 is 2.65 bits per heavy atom. The number of ether oxygens (including phenoxy) is 1. The highest BCUT2D eigenvalue weighted by Crippen LogP contribution is 2.59. The molecule has 110 valence electrons. The number of fused-ring (bicyclic) bond motifs is 1. The molecule has 1 aliphatic carbocycles. The number of nitrogens with zero attached hydrogens (tertiary/aromatic N) is 1. The highest BCUT2D eigenvalue weighted by molar-refractivity contribution is 7.46. The lowest BCUT2D eigenvalue weighted by Crippen LogP contribution is -2.34. The Labute approximate surface area is 112 Å². The van der Waals surface area contributed by atoms with Crippen LogP contribution in [0.5, 0.6) is 0 Å². The molecule has 2 aliphatic rings. The molecule has 10 heteroatoms. The summed E-state index contributed by atoms with van der Waals surface area (Å²) in [6, 6.07) is 1.21. The Balaban J connectivity index is 1.77. The predicted octanol–water partition coefficient (Wildman–Crippen LogP) is -0.822. The van der Waals surface area contributed by atoms with Crippen LogP contribution in [0, 0.1) is 11.8 Å². The molecule has 3 rings (SSSR count). The van der Waals surface area contributed by atoms with E-state index in [0.29, 0.717) is 0 Å². The van der Waals surface area contributed by atoms with Crippen molar-refractivity contribution < 1.29 is 23.6 Å². The van der Waals surface area contributed by atoms with Crippen LogP contribution in [0.4, 0.5) is 0 Å². The molecule has 1 aromatic heterocycles. The van der Waals surface area contributed by atoms with E-state index in [2.05, 4.69) is 9.51 Å². The zero-order valence-electron chi connectivity index (χ0n) is 10.4. The van der Waals surface area contributed by atoms with Crippen LogP contribution in [0.15, 0.2) is 21.9 Å². The van der Waals surface area contributed by atoms with Crippen molar-refractivity contribution in [2.24, 2.45) is 11.8 Å². The lowest BCUT2D eigenvalue weighted by Gasteiger charge is -2.22. The Morgan fingerprint density at radius 1 is 1.45 bits per heavy atom. The summed E-state index contributed by atoms with van der Waals surface area (Å²) in [5.74, 6) is -0.341. The molecular formula is C10H13N2O7P. The molecular weight excluding hydrogens is 291 g/mol. The molecule has 20 heavy (non-hydrogen) atoms. The number of aromatic amines is 1. The first-order chi connectivity index (χ1) is 9.28. The van der Waals surface area contributed by atoms with Gasteiger partial charge in [0.1, 0.15) is 12.3 Å². The summed E-state index contributed by atoms with van der Waals surface area (Å²) >= 11 is 0. The molecule has 9 nitrogen and oxygen atoms in total. The summed E-state index contributed by atoms with van der Waals surface area (Å²) < 4.78 is 22.2. The highest BCUT2D eigenvalue weighted by atomic mass is 31.2. The predicted molar refractivity (Wildman–Crippen MR) is 64.8 cm³/mol. The van der Waals surface area contributed by atoms with Gasteiger partial charge in [0.2, 0.25) is 0 Å². The molecule has 0 bridgehead atoms. The van der Waals surface area contributed by atoms with Crippen LogP contribution >= 0.6 is 7.82 Å². The lowest BCUT2D eigenvalue weighted by atomic mass is 10.1. The standard InChI is InChI=1S/C10H13N2O7P/c1-4-6-7(8(6)19-20(15,16)17)18-9(4)12-3-2-5(13)11-10(12)14/h2-4,6-9H,1H3,(H,11,13,14)(H2,15,16,17). The molecule has 2 heterocycles. The van der Waals surface area contributed by atoms with Crippen LogP contribution < -0.4 is 11.2 Å². The molecule has 3 N–H and O–H groups in total. The normalized spacial score (nSPS) is 35.9. The van der Waals surface area contributed by atoms with E-state index in [1.165, 1.54) is 16.8 Å². The molecule has 0 aromatic carbocycles. The minimum Gasteiger partial charge on any atom is -0.351 e.